The Bertz CT molecular complexity index is 188. The molecule has 82 valence electrons. The van der Waals surface area contributed by atoms with E-state index >= 15 is 0 Å². The molecule has 14 heavy (non-hydrogen) atoms. The van der Waals surface area contributed by atoms with Crippen molar-refractivity contribution in [3.05, 3.63) is 0 Å². The average Bonchev–Trinajstić information content (AvgIpc) is 2.48. The lowest BCUT2D eigenvalue weighted by molar-refractivity contribution is 0.0189. The number of nitrogens with one attached hydrogen (secondary N) is 2. The van der Waals surface area contributed by atoms with Crippen LogP contribution in [0.25, 0.3) is 0 Å². The van der Waals surface area contributed by atoms with Gasteiger partial charge < -0.3 is 15.4 Å². The summed E-state index contributed by atoms with van der Waals surface area (Å²) >= 11 is 0. The minimum Gasteiger partial charge on any atom is -0.374 e. The summed E-state index contributed by atoms with van der Waals surface area (Å²) in [6.45, 7) is 7.59. The topological polar surface area (TPSA) is 33.3 Å². The molecule has 0 bridgehead atoms. The molecule has 0 aliphatic carbocycles. The first-order chi connectivity index (χ1) is 6.68. The van der Waals surface area contributed by atoms with Crippen LogP contribution in [0.3, 0.4) is 0 Å². The highest BCUT2D eigenvalue weighted by molar-refractivity contribution is 4.93. The molecule has 0 amide bonds. The third-order valence-corrected chi connectivity index (χ3v) is 3.45. The highest BCUT2D eigenvalue weighted by Gasteiger charge is 2.36. The molecule has 2 atom stereocenters. The fourth-order valence-electron chi connectivity index (χ4n) is 2.45. The Kier molecular flexibility index (Phi) is 3.10. The summed E-state index contributed by atoms with van der Waals surface area (Å²) < 4.78 is 5.71. The van der Waals surface area contributed by atoms with E-state index in [1.165, 1.54) is 19.4 Å². The van der Waals surface area contributed by atoms with Crippen molar-refractivity contribution in [3.63, 3.8) is 0 Å². The second-order valence-electron chi connectivity index (χ2n) is 5.00. The fourth-order valence-corrected chi connectivity index (χ4v) is 2.45. The zero-order chi connectivity index (χ0) is 10.0. The molecule has 2 heterocycles. The molecular formula is C11H22N2O. The highest BCUT2D eigenvalue weighted by Crippen LogP contribution is 2.25. The molecule has 0 aromatic carbocycles. The van der Waals surface area contributed by atoms with Crippen LogP contribution in [0.4, 0.5) is 0 Å². The van der Waals surface area contributed by atoms with E-state index in [0.717, 1.165) is 19.6 Å². The minimum absolute atomic E-state index is 0.0252. The van der Waals surface area contributed by atoms with E-state index in [1.54, 1.807) is 0 Å². The molecule has 0 saturated carbocycles. The van der Waals surface area contributed by atoms with Crippen molar-refractivity contribution in [3.8, 4) is 0 Å². The van der Waals surface area contributed by atoms with Gasteiger partial charge in [0.2, 0.25) is 0 Å². The van der Waals surface area contributed by atoms with Crippen molar-refractivity contribution in [1.82, 2.24) is 10.6 Å². The molecule has 0 spiro atoms. The van der Waals surface area contributed by atoms with Gasteiger partial charge in [-0.05, 0) is 39.7 Å². The second-order valence-corrected chi connectivity index (χ2v) is 5.00. The summed E-state index contributed by atoms with van der Waals surface area (Å²) in [5, 5.41) is 7.15. The molecule has 2 unspecified atom stereocenters. The van der Waals surface area contributed by atoms with Crippen LogP contribution >= 0.6 is 0 Å². The van der Waals surface area contributed by atoms with Gasteiger partial charge in [0.25, 0.3) is 0 Å². The van der Waals surface area contributed by atoms with Crippen molar-refractivity contribution < 1.29 is 4.74 Å². The van der Waals surface area contributed by atoms with E-state index < -0.39 is 0 Å². The van der Waals surface area contributed by atoms with Gasteiger partial charge in [0, 0.05) is 25.2 Å². The summed E-state index contributed by atoms with van der Waals surface area (Å²) in [7, 11) is 0. The predicted molar refractivity (Wildman–Crippen MR) is 57.5 cm³/mol. The average molecular weight is 198 g/mol. The van der Waals surface area contributed by atoms with Crippen LogP contribution in [-0.2, 0) is 4.74 Å². The first-order valence-electron chi connectivity index (χ1n) is 5.79. The maximum absolute atomic E-state index is 5.71. The molecule has 0 radical (unpaired) electrons. The van der Waals surface area contributed by atoms with Crippen molar-refractivity contribution in [2.24, 2.45) is 0 Å². The van der Waals surface area contributed by atoms with E-state index in [0.29, 0.717) is 12.1 Å². The zero-order valence-corrected chi connectivity index (χ0v) is 9.31. The van der Waals surface area contributed by atoms with Gasteiger partial charge in [-0.1, -0.05) is 0 Å². The van der Waals surface area contributed by atoms with Crippen molar-refractivity contribution in [2.45, 2.75) is 50.8 Å². The Labute approximate surface area is 86.6 Å². The summed E-state index contributed by atoms with van der Waals surface area (Å²) in [5.74, 6) is 0. The fraction of sp³-hybridized carbons (Fsp3) is 1.00. The van der Waals surface area contributed by atoms with Crippen LogP contribution in [0.1, 0.15) is 33.1 Å². The Morgan fingerprint density at radius 3 is 2.79 bits per heavy atom. The smallest absolute Gasteiger partial charge is 0.0779 e. The predicted octanol–water partition coefficient (Wildman–Crippen LogP) is 0.896. The summed E-state index contributed by atoms with van der Waals surface area (Å²) in [5.41, 5.74) is 0.0252. The molecule has 2 N–H and O–H groups in total. The van der Waals surface area contributed by atoms with Crippen molar-refractivity contribution in [1.29, 1.82) is 0 Å². The van der Waals surface area contributed by atoms with Gasteiger partial charge in [-0.25, -0.2) is 0 Å². The Morgan fingerprint density at radius 1 is 1.36 bits per heavy atom. The number of rotatable bonds is 2. The van der Waals surface area contributed by atoms with Gasteiger partial charge in [0.05, 0.1) is 5.60 Å². The van der Waals surface area contributed by atoms with Gasteiger partial charge in [-0.2, -0.15) is 0 Å². The number of hydrogen-bond donors (Lipinski definition) is 2. The standard InChI is InChI=1S/C11H22N2O/c1-11(2)10(5-7-14-11)13-9-4-3-6-12-8-9/h9-10,12-13H,3-8H2,1-2H3. The van der Waals surface area contributed by atoms with Gasteiger partial charge >= 0.3 is 0 Å². The van der Waals surface area contributed by atoms with Gasteiger partial charge in [0.15, 0.2) is 0 Å². The maximum atomic E-state index is 5.71. The van der Waals surface area contributed by atoms with E-state index in [2.05, 4.69) is 24.5 Å². The molecule has 3 heteroatoms. The lowest BCUT2D eigenvalue weighted by Crippen LogP contribution is -2.52. The van der Waals surface area contributed by atoms with Crippen molar-refractivity contribution in [2.75, 3.05) is 19.7 Å². The third kappa shape index (κ3) is 2.27. The number of ether oxygens (including phenoxy) is 1. The molecule has 0 aromatic heterocycles. The third-order valence-electron chi connectivity index (χ3n) is 3.45. The second kappa shape index (κ2) is 4.17. The molecule has 2 aliphatic heterocycles. The summed E-state index contributed by atoms with van der Waals surface area (Å²) in [6.07, 6.45) is 3.76. The van der Waals surface area contributed by atoms with Crippen LogP contribution in [0.15, 0.2) is 0 Å². The quantitative estimate of drug-likeness (QED) is 0.691. The Morgan fingerprint density at radius 2 is 2.21 bits per heavy atom. The molecule has 2 fully saturated rings. The molecule has 2 saturated heterocycles. The Balaban J connectivity index is 1.83. The van der Waals surface area contributed by atoms with Gasteiger partial charge in [0.1, 0.15) is 0 Å². The number of hydrogen-bond acceptors (Lipinski definition) is 3. The van der Waals surface area contributed by atoms with Crippen LogP contribution in [-0.4, -0.2) is 37.4 Å². The van der Waals surface area contributed by atoms with E-state index in [-0.39, 0.29) is 5.60 Å². The van der Waals surface area contributed by atoms with Crippen LogP contribution < -0.4 is 10.6 Å². The lowest BCUT2D eigenvalue weighted by Gasteiger charge is -2.32. The minimum atomic E-state index is 0.0252. The lowest BCUT2D eigenvalue weighted by atomic mass is 9.96. The molecule has 2 rings (SSSR count). The summed E-state index contributed by atoms with van der Waals surface area (Å²) in [6, 6.07) is 1.18. The van der Waals surface area contributed by atoms with Crippen LogP contribution in [0, 0.1) is 0 Å². The highest BCUT2D eigenvalue weighted by atomic mass is 16.5. The molecule has 2 aliphatic rings. The normalized spacial score (nSPS) is 37.3. The largest absolute Gasteiger partial charge is 0.374 e. The SMILES string of the molecule is CC1(C)OCCC1NC1CCCNC1. The van der Waals surface area contributed by atoms with Crippen molar-refractivity contribution >= 4 is 0 Å². The first kappa shape index (κ1) is 10.4. The van der Waals surface area contributed by atoms with Crippen LogP contribution in [0.2, 0.25) is 0 Å². The maximum Gasteiger partial charge on any atom is 0.0779 e. The monoisotopic (exact) mass is 198 g/mol. The van der Waals surface area contributed by atoms with E-state index in [4.69, 9.17) is 4.74 Å². The van der Waals surface area contributed by atoms with Gasteiger partial charge in [-0.15, -0.1) is 0 Å². The van der Waals surface area contributed by atoms with E-state index in [1.807, 2.05) is 0 Å². The summed E-state index contributed by atoms with van der Waals surface area (Å²) in [4.78, 5) is 0. The Hall–Kier alpha value is -0.120. The molecular weight excluding hydrogens is 176 g/mol. The zero-order valence-electron chi connectivity index (χ0n) is 9.31. The van der Waals surface area contributed by atoms with Gasteiger partial charge in [-0.3, -0.25) is 0 Å². The molecule has 0 aromatic rings. The molecule has 3 nitrogen and oxygen atoms in total. The number of piperidine rings is 1. The van der Waals surface area contributed by atoms with E-state index in [9.17, 15) is 0 Å². The van der Waals surface area contributed by atoms with Crippen LogP contribution in [0.5, 0.6) is 0 Å². The first-order valence-corrected chi connectivity index (χ1v) is 5.79.